The summed E-state index contributed by atoms with van der Waals surface area (Å²) in [4.78, 5) is 11.0. The van der Waals surface area contributed by atoms with Gasteiger partial charge in [0.25, 0.3) is 0 Å². The third-order valence-electron chi connectivity index (χ3n) is 3.21. The minimum Gasteiger partial charge on any atom is -0.382 e. The van der Waals surface area contributed by atoms with Crippen molar-refractivity contribution >= 4 is 11.6 Å². The first-order chi connectivity index (χ1) is 7.65. The van der Waals surface area contributed by atoms with Gasteiger partial charge in [-0.05, 0) is 43.4 Å². The number of nitrogens with two attached hydrogens (primary N) is 1. The molecule has 3 nitrogen and oxygen atoms in total. The van der Waals surface area contributed by atoms with Crippen LogP contribution >= 0.6 is 0 Å². The molecule has 1 aliphatic rings. The van der Waals surface area contributed by atoms with E-state index in [1.165, 1.54) is 19.3 Å². The van der Waals surface area contributed by atoms with Gasteiger partial charge in [-0.25, -0.2) is 0 Å². The minimum atomic E-state index is -0.372. The summed E-state index contributed by atoms with van der Waals surface area (Å²) in [7, 11) is 0. The summed E-state index contributed by atoms with van der Waals surface area (Å²) in [5.74, 6) is 0.431. The Labute approximate surface area is 96.0 Å². The van der Waals surface area contributed by atoms with Crippen molar-refractivity contribution in [3.05, 3.63) is 29.8 Å². The van der Waals surface area contributed by atoms with E-state index in [1.54, 1.807) is 6.07 Å². The Morgan fingerprint density at radius 1 is 1.44 bits per heavy atom. The Morgan fingerprint density at radius 3 is 2.88 bits per heavy atom. The van der Waals surface area contributed by atoms with Gasteiger partial charge in [0.2, 0.25) is 5.91 Å². The molecule has 1 amide bonds. The second kappa shape index (κ2) is 4.56. The van der Waals surface area contributed by atoms with Gasteiger partial charge in [0.1, 0.15) is 0 Å². The zero-order chi connectivity index (χ0) is 11.5. The third kappa shape index (κ3) is 2.54. The topological polar surface area (TPSA) is 55.1 Å². The van der Waals surface area contributed by atoms with Crippen LogP contribution < -0.4 is 11.1 Å². The van der Waals surface area contributed by atoms with Gasteiger partial charge in [0.15, 0.2) is 0 Å². The molecule has 1 aromatic carbocycles. The number of hydrogen-bond acceptors (Lipinski definition) is 2. The summed E-state index contributed by atoms with van der Waals surface area (Å²) < 4.78 is 0. The van der Waals surface area contributed by atoms with Gasteiger partial charge in [-0.3, -0.25) is 4.79 Å². The predicted molar refractivity (Wildman–Crippen MR) is 65.4 cm³/mol. The van der Waals surface area contributed by atoms with Crippen LogP contribution in [0.3, 0.4) is 0 Å². The van der Waals surface area contributed by atoms with E-state index in [-0.39, 0.29) is 5.91 Å². The minimum absolute atomic E-state index is 0.372. The van der Waals surface area contributed by atoms with E-state index < -0.39 is 0 Å². The number of nitrogens with one attached hydrogen (secondary N) is 1. The maximum absolute atomic E-state index is 11.0. The predicted octanol–water partition coefficient (Wildman–Crippen LogP) is 2.39. The van der Waals surface area contributed by atoms with Crippen molar-refractivity contribution in [2.75, 3.05) is 5.32 Å². The van der Waals surface area contributed by atoms with Gasteiger partial charge >= 0.3 is 0 Å². The van der Waals surface area contributed by atoms with Crippen LogP contribution in [0.1, 0.15) is 36.5 Å². The Morgan fingerprint density at radius 2 is 2.25 bits per heavy atom. The highest BCUT2D eigenvalue weighted by Crippen LogP contribution is 2.27. The molecule has 2 atom stereocenters. The van der Waals surface area contributed by atoms with E-state index >= 15 is 0 Å². The van der Waals surface area contributed by atoms with Crippen molar-refractivity contribution in [1.82, 2.24) is 0 Å². The van der Waals surface area contributed by atoms with Crippen LogP contribution in [0.5, 0.6) is 0 Å². The van der Waals surface area contributed by atoms with Crippen molar-refractivity contribution in [2.45, 2.75) is 32.2 Å². The van der Waals surface area contributed by atoms with Crippen LogP contribution in [-0.2, 0) is 0 Å². The largest absolute Gasteiger partial charge is 0.382 e. The number of anilines is 1. The number of carbonyl (C=O) groups excluding carboxylic acids is 1. The Kier molecular flexibility index (Phi) is 3.13. The highest BCUT2D eigenvalue weighted by Gasteiger charge is 2.20. The maximum atomic E-state index is 11.0. The van der Waals surface area contributed by atoms with Gasteiger partial charge < -0.3 is 11.1 Å². The number of carbonyl (C=O) groups is 1. The number of benzene rings is 1. The molecule has 1 fully saturated rings. The molecular weight excluding hydrogens is 200 g/mol. The fourth-order valence-corrected chi connectivity index (χ4v) is 2.34. The van der Waals surface area contributed by atoms with E-state index in [2.05, 4.69) is 12.2 Å². The molecule has 0 bridgehead atoms. The lowest BCUT2D eigenvalue weighted by Gasteiger charge is -2.14. The lowest BCUT2D eigenvalue weighted by Crippen LogP contribution is -2.16. The van der Waals surface area contributed by atoms with Crippen LogP contribution in [-0.4, -0.2) is 11.9 Å². The van der Waals surface area contributed by atoms with Crippen molar-refractivity contribution < 1.29 is 4.79 Å². The summed E-state index contributed by atoms with van der Waals surface area (Å²) in [6.07, 6.45) is 3.70. The summed E-state index contributed by atoms with van der Waals surface area (Å²) in [6, 6.07) is 7.95. The first kappa shape index (κ1) is 11.0. The molecule has 0 radical (unpaired) electrons. The molecule has 2 unspecified atom stereocenters. The van der Waals surface area contributed by atoms with E-state index in [4.69, 9.17) is 5.73 Å². The highest BCUT2D eigenvalue weighted by atomic mass is 16.1. The normalized spacial score (nSPS) is 24.3. The standard InChI is InChI=1S/C13H18N2O/c1-9-5-6-12(7-9)15-11-4-2-3-10(8-11)13(14)16/h2-4,8-9,12,15H,5-7H2,1H3,(H2,14,16). The summed E-state index contributed by atoms with van der Waals surface area (Å²) >= 11 is 0. The smallest absolute Gasteiger partial charge is 0.248 e. The number of hydrogen-bond donors (Lipinski definition) is 2. The van der Waals surface area contributed by atoms with Crippen molar-refractivity contribution in [3.8, 4) is 0 Å². The third-order valence-corrected chi connectivity index (χ3v) is 3.21. The molecule has 1 aromatic rings. The second-order valence-corrected chi connectivity index (χ2v) is 4.70. The highest BCUT2D eigenvalue weighted by molar-refractivity contribution is 5.93. The van der Waals surface area contributed by atoms with E-state index in [0.29, 0.717) is 11.6 Å². The second-order valence-electron chi connectivity index (χ2n) is 4.70. The Balaban J connectivity index is 2.04. The molecule has 0 aromatic heterocycles. The molecule has 0 heterocycles. The molecule has 0 spiro atoms. The average Bonchev–Trinajstić information content (AvgIpc) is 2.64. The quantitative estimate of drug-likeness (QED) is 0.818. The van der Waals surface area contributed by atoms with Crippen LogP contribution in [0.4, 0.5) is 5.69 Å². The monoisotopic (exact) mass is 218 g/mol. The summed E-state index contributed by atoms with van der Waals surface area (Å²) in [5, 5.41) is 3.46. The number of amides is 1. The first-order valence-electron chi connectivity index (χ1n) is 5.81. The van der Waals surface area contributed by atoms with Crippen molar-refractivity contribution in [2.24, 2.45) is 11.7 Å². The maximum Gasteiger partial charge on any atom is 0.248 e. The molecule has 1 saturated carbocycles. The van der Waals surface area contributed by atoms with Gasteiger partial charge in [0.05, 0.1) is 0 Å². The van der Waals surface area contributed by atoms with Gasteiger partial charge in [-0.1, -0.05) is 13.0 Å². The van der Waals surface area contributed by atoms with Crippen LogP contribution in [0.15, 0.2) is 24.3 Å². The first-order valence-corrected chi connectivity index (χ1v) is 5.81. The molecule has 2 rings (SSSR count). The molecule has 3 heteroatoms. The summed E-state index contributed by atoms with van der Waals surface area (Å²) in [6.45, 7) is 2.28. The molecule has 16 heavy (non-hydrogen) atoms. The fraction of sp³-hybridized carbons (Fsp3) is 0.462. The Hall–Kier alpha value is -1.51. The van der Waals surface area contributed by atoms with E-state index in [0.717, 1.165) is 11.6 Å². The van der Waals surface area contributed by atoms with E-state index in [1.807, 2.05) is 18.2 Å². The van der Waals surface area contributed by atoms with Crippen LogP contribution in [0.2, 0.25) is 0 Å². The molecule has 3 N–H and O–H groups in total. The van der Waals surface area contributed by atoms with Crippen LogP contribution in [0.25, 0.3) is 0 Å². The number of primary amides is 1. The van der Waals surface area contributed by atoms with Crippen molar-refractivity contribution in [1.29, 1.82) is 0 Å². The zero-order valence-corrected chi connectivity index (χ0v) is 9.57. The van der Waals surface area contributed by atoms with Gasteiger partial charge in [-0.15, -0.1) is 0 Å². The molecule has 0 aliphatic heterocycles. The lowest BCUT2D eigenvalue weighted by atomic mass is 10.1. The average molecular weight is 218 g/mol. The summed E-state index contributed by atoms with van der Waals surface area (Å²) in [5.41, 5.74) is 6.81. The number of rotatable bonds is 3. The van der Waals surface area contributed by atoms with Crippen molar-refractivity contribution in [3.63, 3.8) is 0 Å². The SMILES string of the molecule is CC1CCC(Nc2cccc(C(N)=O)c2)C1. The lowest BCUT2D eigenvalue weighted by molar-refractivity contribution is 0.100. The molecule has 0 saturated heterocycles. The Bertz CT molecular complexity index is 389. The van der Waals surface area contributed by atoms with Gasteiger partial charge in [-0.2, -0.15) is 0 Å². The molecule has 86 valence electrons. The van der Waals surface area contributed by atoms with E-state index in [9.17, 15) is 4.79 Å². The van der Waals surface area contributed by atoms with Gasteiger partial charge in [0, 0.05) is 17.3 Å². The fourth-order valence-electron chi connectivity index (χ4n) is 2.34. The molecular formula is C13H18N2O. The zero-order valence-electron chi connectivity index (χ0n) is 9.57. The molecule has 1 aliphatic carbocycles. The van der Waals surface area contributed by atoms with Crippen LogP contribution in [0, 0.1) is 5.92 Å².